The van der Waals surface area contributed by atoms with Crippen molar-refractivity contribution < 1.29 is 9.53 Å². The van der Waals surface area contributed by atoms with E-state index < -0.39 is 0 Å². The molecule has 5 rings (SSSR count). The number of benzene rings is 1. The van der Waals surface area contributed by atoms with Gasteiger partial charge in [-0.3, -0.25) is 19.3 Å². The maximum Gasteiger partial charge on any atom is 0.224 e. The summed E-state index contributed by atoms with van der Waals surface area (Å²) in [5.41, 5.74) is 2.29. The van der Waals surface area contributed by atoms with Crippen molar-refractivity contribution in [1.82, 2.24) is 30.1 Å². The Kier molecular flexibility index (Phi) is 7.32. The van der Waals surface area contributed by atoms with Crippen LogP contribution in [-0.2, 0) is 29.2 Å². The molecule has 2 bridgehead atoms. The van der Waals surface area contributed by atoms with Gasteiger partial charge in [-0.2, -0.15) is 0 Å². The average molecular weight is 427 g/mol. The molecule has 1 aromatic carbocycles. The number of nitrogens with one attached hydrogen (secondary N) is 1. The topological polar surface area (TPSA) is 75.5 Å². The number of methoxy groups -OCH3 is 1. The number of rotatable bonds is 10. The van der Waals surface area contributed by atoms with E-state index in [1.54, 1.807) is 7.11 Å². The Bertz CT molecular complexity index is 842. The maximum atomic E-state index is 12.5. The molecule has 0 saturated carbocycles. The largest absolute Gasteiger partial charge is 0.383 e. The lowest BCUT2D eigenvalue weighted by Crippen LogP contribution is -2.58. The molecule has 8 heteroatoms. The summed E-state index contributed by atoms with van der Waals surface area (Å²) in [5.74, 6) is 0.729. The van der Waals surface area contributed by atoms with E-state index in [4.69, 9.17) is 4.74 Å². The zero-order valence-corrected chi connectivity index (χ0v) is 18.6. The normalized spacial score (nSPS) is 25.1. The first-order chi connectivity index (χ1) is 15.1. The highest BCUT2D eigenvalue weighted by molar-refractivity contribution is 5.79. The lowest BCUT2D eigenvalue weighted by molar-refractivity contribution is -0.133. The van der Waals surface area contributed by atoms with Crippen molar-refractivity contribution in [1.29, 1.82) is 0 Å². The summed E-state index contributed by atoms with van der Waals surface area (Å²) in [5, 5.41) is 11.8. The number of carbonyl (C=O) groups excluding carboxylic acids is 1. The van der Waals surface area contributed by atoms with Crippen LogP contribution in [-0.4, -0.2) is 77.1 Å². The standard InChI is InChI=1S/C23H34N6O2/c1-27(13-18-6-4-3-5-7-18)14-20-15-29(26-25-20)16-21-12-19-8-10-28(21)17-22(19)23(30)24-9-11-31-2/h3-7,15,19,21-22H,8-14,16-17H2,1-2H3,(H,24,30)/t19?,21-,22+/m1/s1. The second kappa shape index (κ2) is 10.3. The number of piperidine rings is 3. The third kappa shape index (κ3) is 5.70. The molecule has 168 valence electrons. The molecule has 0 aliphatic carbocycles. The number of amides is 1. The van der Waals surface area contributed by atoms with E-state index in [1.165, 1.54) is 5.56 Å². The molecule has 1 aromatic heterocycles. The van der Waals surface area contributed by atoms with Crippen molar-refractivity contribution in [3.63, 3.8) is 0 Å². The summed E-state index contributed by atoms with van der Waals surface area (Å²) in [6.07, 6.45) is 4.22. The molecule has 3 fully saturated rings. The summed E-state index contributed by atoms with van der Waals surface area (Å²) >= 11 is 0. The summed E-state index contributed by atoms with van der Waals surface area (Å²) in [4.78, 5) is 17.3. The molecule has 4 atom stereocenters. The molecule has 3 aliphatic rings. The predicted molar refractivity (Wildman–Crippen MR) is 118 cm³/mol. The monoisotopic (exact) mass is 426 g/mol. The van der Waals surface area contributed by atoms with E-state index in [0.29, 0.717) is 25.1 Å². The van der Waals surface area contributed by atoms with Gasteiger partial charge in [0.05, 0.1) is 24.8 Å². The van der Waals surface area contributed by atoms with E-state index in [1.807, 2.05) is 10.7 Å². The highest BCUT2D eigenvalue weighted by atomic mass is 16.5. The van der Waals surface area contributed by atoms with Gasteiger partial charge in [0.25, 0.3) is 0 Å². The fourth-order valence-electron chi connectivity index (χ4n) is 4.98. The summed E-state index contributed by atoms with van der Waals surface area (Å²) < 4.78 is 7.01. The second-order valence-corrected chi connectivity index (χ2v) is 8.91. The van der Waals surface area contributed by atoms with Crippen molar-refractivity contribution in [3.8, 4) is 0 Å². The zero-order valence-electron chi connectivity index (χ0n) is 18.6. The molecule has 0 radical (unpaired) electrons. The van der Waals surface area contributed by atoms with Crippen LogP contribution in [0.25, 0.3) is 0 Å². The van der Waals surface area contributed by atoms with Crippen molar-refractivity contribution in [2.45, 2.75) is 38.5 Å². The molecule has 1 amide bonds. The molecule has 2 aromatic rings. The van der Waals surface area contributed by atoms with Crippen LogP contribution in [0.2, 0.25) is 0 Å². The van der Waals surface area contributed by atoms with E-state index in [-0.39, 0.29) is 11.8 Å². The Labute approximate surface area is 184 Å². The number of hydrogen-bond acceptors (Lipinski definition) is 6. The van der Waals surface area contributed by atoms with Crippen molar-refractivity contribution in [2.24, 2.45) is 11.8 Å². The fraction of sp³-hybridized carbons (Fsp3) is 0.609. The third-order valence-electron chi connectivity index (χ3n) is 6.53. The minimum atomic E-state index is 0.0970. The molecule has 3 aliphatic heterocycles. The molecule has 2 unspecified atom stereocenters. The minimum absolute atomic E-state index is 0.0970. The van der Waals surface area contributed by atoms with Crippen molar-refractivity contribution in [2.75, 3.05) is 40.4 Å². The number of hydrogen-bond donors (Lipinski definition) is 1. The van der Waals surface area contributed by atoms with Gasteiger partial charge in [-0.05, 0) is 37.9 Å². The highest BCUT2D eigenvalue weighted by Gasteiger charge is 2.43. The minimum Gasteiger partial charge on any atom is -0.383 e. The van der Waals surface area contributed by atoms with Gasteiger partial charge in [-0.25, -0.2) is 0 Å². The van der Waals surface area contributed by atoms with Gasteiger partial charge < -0.3 is 10.1 Å². The van der Waals surface area contributed by atoms with Crippen LogP contribution in [0.1, 0.15) is 24.1 Å². The van der Waals surface area contributed by atoms with Crippen LogP contribution in [0.3, 0.4) is 0 Å². The number of aromatic nitrogens is 3. The van der Waals surface area contributed by atoms with Gasteiger partial charge in [-0.1, -0.05) is 35.5 Å². The molecule has 8 nitrogen and oxygen atoms in total. The summed E-state index contributed by atoms with van der Waals surface area (Å²) in [6.45, 7) is 5.56. The number of carbonyl (C=O) groups is 1. The number of fused-ring (bicyclic) bond motifs is 3. The lowest BCUT2D eigenvalue weighted by atomic mass is 9.75. The first-order valence-electron chi connectivity index (χ1n) is 11.2. The van der Waals surface area contributed by atoms with Gasteiger partial charge >= 0.3 is 0 Å². The van der Waals surface area contributed by atoms with Gasteiger partial charge in [0.2, 0.25) is 5.91 Å². The zero-order chi connectivity index (χ0) is 21.6. The van der Waals surface area contributed by atoms with Gasteiger partial charge in [0, 0.05) is 45.5 Å². The van der Waals surface area contributed by atoms with E-state index >= 15 is 0 Å². The SMILES string of the molecule is COCCNC(=O)[C@H]1CN2CCC1C[C@@H]2Cn1cc(CN(C)Cc2ccccc2)nn1. The van der Waals surface area contributed by atoms with Crippen LogP contribution in [0.4, 0.5) is 0 Å². The van der Waals surface area contributed by atoms with Gasteiger partial charge in [0.15, 0.2) is 0 Å². The van der Waals surface area contributed by atoms with E-state index in [2.05, 4.69) is 62.9 Å². The smallest absolute Gasteiger partial charge is 0.224 e. The third-order valence-corrected chi connectivity index (χ3v) is 6.53. The molecule has 4 heterocycles. The Morgan fingerprint density at radius 1 is 1.29 bits per heavy atom. The molecule has 31 heavy (non-hydrogen) atoms. The van der Waals surface area contributed by atoms with Crippen molar-refractivity contribution in [3.05, 3.63) is 47.8 Å². The summed E-state index contributed by atoms with van der Waals surface area (Å²) in [6, 6.07) is 10.9. The molecule has 1 N–H and O–H groups in total. The second-order valence-electron chi connectivity index (χ2n) is 8.91. The Morgan fingerprint density at radius 3 is 2.87 bits per heavy atom. The van der Waals surface area contributed by atoms with Crippen LogP contribution in [0.15, 0.2) is 36.5 Å². The number of ether oxygens (including phenoxy) is 1. The molecule has 3 saturated heterocycles. The van der Waals surface area contributed by atoms with Crippen LogP contribution >= 0.6 is 0 Å². The van der Waals surface area contributed by atoms with Gasteiger partial charge in [0.1, 0.15) is 0 Å². The average Bonchev–Trinajstić information content (AvgIpc) is 3.21. The van der Waals surface area contributed by atoms with Crippen LogP contribution < -0.4 is 5.32 Å². The summed E-state index contributed by atoms with van der Waals surface area (Å²) in [7, 11) is 3.76. The van der Waals surface area contributed by atoms with Crippen molar-refractivity contribution >= 4 is 5.91 Å². The maximum absolute atomic E-state index is 12.5. The lowest BCUT2D eigenvalue weighted by Gasteiger charge is -2.49. The highest BCUT2D eigenvalue weighted by Crippen LogP contribution is 2.36. The Morgan fingerprint density at radius 2 is 2.13 bits per heavy atom. The first-order valence-corrected chi connectivity index (χ1v) is 11.2. The number of nitrogens with zero attached hydrogens (tertiary/aromatic N) is 5. The van der Waals surface area contributed by atoms with E-state index in [9.17, 15) is 4.79 Å². The van der Waals surface area contributed by atoms with Crippen LogP contribution in [0.5, 0.6) is 0 Å². The Hall–Kier alpha value is -2.29. The predicted octanol–water partition coefficient (Wildman–Crippen LogP) is 1.38. The van der Waals surface area contributed by atoms with E-state index in [0.717, 1.165) is 51.3 Å². The fourth-order valence-corrected chi connectivity index (χ4v) is 4.98. The molecule has 0 spiro atoms. The molecular weight excluding hydrogens is 392 g/mol. The Balaban J connectivity index is 1.27. The van der Waals surface area contributed by atoms with Gasteiger partial charge in [-0.15, -0.1) is 5.10 Å². The molecular formula is C23H34N6O2. The quantitative estimate of drug-likeness (QED) is 0.579. The first kappa shape index (κ1) is 21.9. The van der Waals surface area contributed by atoms with Crippen LogP contribution in [0, 0.1) is 11.8 Å².